The third-order valence-electron chi connectivity index (χ3n) is 2.86. The van der Waals surface area contributed by atoms with E-state index in [0.29, 0.717) is 23.8 Å². The molecule has 20 heavy (non-hydrogen) atoms. The van der Waals surface area contributed by atoms with E-state index in [1.54, 1.807) is 24.3 Å². The van der Waals surface area contributed by atoms with Gasteiger partial charge in [0.2, 0.25) is 5.91 Å². The molecule has 3 N–H and O–H groups in total. The maximum absolute atomic E-state index is 11.8. The Morgan fingerprint density at radius 3 is 2.55 bits per heavy atom. The minimum atomic E-state index is -0.171. The first kappa shape index (κ1) is 14.1. The number of carbonyl (C=O) groups excluding carboxylic acids is 2. The normalized spacial score (nSPS) is 13.3. The van der Waals surface area contributed by atoms with Gasteiger partial charge in [-0.25, -0.2) is 0 Å². The standard InChI is InChI=1S/C15H17N3O2/c1-2-9-16-10-14(19)17-12-5-3-11(4-6-12)15(20)18-13-7-8-13/h1,3-6,13,16H,7-10H2,(H,17,19)(H,18,20). The molecule has 0 radical (unpaired) electrons. The largest absolute Gasteiger partial charge is 0.349 e. The van der Waals surface area contributed by atoms with Crippen molar-refractivity contribution in [1.82, 2.24) is 10.6 Å². The van der Waals surface area contributed by atoms with Crippen LogP contribution < -0.4 is 16.0 Å². The molecule has 0 bridgehead atoms. The van der Waals surface area contributed by atoms with Crippen LogP contribution in [0.25, 0.3) is 0 Å². The van der Waals surface area contributed by atoms with Gasteiger partial charge in [0.05, 0.1) is 13.1 Å². The minimum absolute atomic E-state index is 0.0685. The summed E-state index contributed by atoms with van der Waals surface area (Å²) in [5.74, 6) is 2.15. The Morgan fingerprint density at radius 1 is 1.25 bits per heavy atom. The van der Waals surface area contributed by atoms with E-state index in [1.165, 1.54) is 0 Å². The van der Waals surface area contributed by atoms with Crippen molar-refractivity contribution in [3.63, 3.8) is 0 Å². The van der Waals surface area contributed by atoms with Crippen LogP contribution in [0.3, 0.4) is 0 Å². The van der Waals surface area contributed by atoms with Gasteiger partial charge in [0.25, 0.3) is 5.91 Å². The van der Waals surface area contributed by atoms with Crippen LogP contribution in [0.5, 0.6) is 0 Å². The SMILES string of the molecule is C#CCNCC(=O)Nc1ccc(C(=O)NC2CC2)cc1. The molecule has 0 heterocycles. The molecular weight excluding hydrogens is 254 g/mol. The third-order valence-corrected chi connectivity index (χ3v) is 2.86. The number of nitrogens with one attached hydrogen (secondary N) is 3. The number of rotatable bonds is 6. The predicted octanol–water partition coefficient (Wildman–Crippen LogP) is 0.740. The molecule has 1 aromatic rings. The van der Waals surface area contributed by atoms with E-state index in [9.17, 15) is 9.59 Å². The van der Waals surface area contributed by atoms with Crippen LogP contribution in [-0.4, -0.2) is 30.9 Å². The third kappa shape index (κ3) is 4.41. The van der Waals surface area contributed by atoms with Gasteiger partial charge in [-0.05, 0) is 37.1 Å². The summed E-state index contributed by atoms with van der Waals surface area (Å²) in [5.41, 5.74) is 1.25. The number of carbonyl (C=O) groups is 2. The Morgan fingerprint density at radius 2 is 1.95 bits per heavy atom. The maximum Gasteiger partial charge on any atom is 0.251 e. The van der Waals surface area contributed by atoms with E-state index in [1.807, 2.05) is 0 Å². The summed E-state index contributed by atoms with van der Waals surface area (Å²) in [5, 5.41) is 8.43. The van der Waals surface area contributed by atoms with Crippen molar-refractivity contribution in [2.24, 2.45) is 0 Å². The van der Waals surface area contributed by atoms with E-state index in [0.717, 1.165) is 12.8 Å². The van der Waals surface area contributed by atoms with Crippen LogP contribution in [0.4, 0.5) is 5.69 Å². The number of hydrogen-bond acceptors (Lipinski definition) is 3. The first-order valence-corrected chi connectivity index (χ1v) is 6.54. The molecule has 1 fully saturated rings. The van der Waals surface area contributed by atoms with Crippen LogP contribution in [0.15, 0.2) is 24.3 Å². The van der Waals surface area contributed by atoms with Crippen molar-refractivity contribution >= 4 is 17.5 Å². The lowest BCUT2D eigenvalue weighted by Gasteiger charge is -2.07. The first-order chi connectivity index (χ1) is 9.69. The molecule has 5 heteroatoms. The fourth-order valence-corrected chi connectivity index (χ4v) is 1.65. The van der Waals surface area contributed by atoms with Crippen molar-refractivity contribution in [3.05, 3.63) is 29.8 Å². The van der Waals surface area contributed by atoms with E-state index in [2.05, 4.69) is 21.9 Å². The summed E-state index contributed by atoms with van der Waals surface area (Å²) >= 11 is 0. The Hall–Kier alpha value is -2.32. The van der Waals surface area contributed by atoms with E-state index < -0.39 is 0 Å². The summed E-state index contributed by atoms with van der Waals surface area (Å²) in [6.45, 7) is 0.516. The quantitative estimate of drug-likeness (QED) is 0.528. The summed E-state index contributed by atoms with van der Waals surface area (Å²) in [6, 6.07) is 7.15. The van der Waals surface area contributed by atoms with Crippen LogP contribution >= 0.6 is 0 Å². The van der Waals surface area contributed by atoms with Crippen molar-refractivity contribution in [2.75, 3.05) is 18.4 Å². The fourth-order valence-electron chi connectivity index (χ4n) is 1.65. The molecule has 1 saturated carbocycles. The molecule has 0 aliphatic heterocycles. The van der Waals surface area contributed by atoms with E-state index in [4.69, 9.17) is 6.42 Å². The lowest BCUT2D eigenvalue weighted by atomic mass is 10.2. The highest BCUT2D eigenvalue weighted by molar-refractivity contribution is 5.96. The van der Waals surface area contributed by atoms with E-state index >= 15 is 0 Å². The Bertz CT molecular complexity index is 527. The lowest BCUT2D eigenvalue weighted by Crippen LogP contribution is -2.28. The van der Waals surface area contributed by atoms with Crippen molar-refractivity contribution < 1.29 is 9.59 Å². The van der Waals surface area contributed by atoms with Gasteiger partial charge in [0, 0.05) is 17.3 Å². The zero-order chi connectivity index (χ0) is 14.4. The second-order valence-corrected chi connectivity index (χ2v) is 4.68. The van der Waals surface area contributed by atoms with Crippen LogP contribution in [0.1, 0.15) is 23.2 Å². The Labute approximate surface area is 118 Å². The number of amides is 2. The highest BCUT2D eigenvalue weighted by Gasteiger charge is 2.23. The zero-order valence-electron chi connectivity index (χ0n) is 11.1. The van der Waals surface area contributed by atoms with Gasteiger partial charge in [0.1, 0.15) is 0 Å². The van der Waals surface area contributed by atoms with Crippen molar-refractivity contribution in [1.29, 1.82) is 0 Å². The molecule has 2 amide bonds. The van der Waals surface area contributed by atoms with Gasteiger partial charge in [-0.2, -0.15) is 0 Å². The molecule has 104 valence electrons. The zero-order valence-corrected chi connectivity index (χ0v) is 11.1. The van der Waals surface area contributed by atoms with Gasteiger partial charge in [-0.3, -0.25) is 14.9 Å². The Balaban J connectivity index is 1.82. The number of terminal acetylenes is 1. The second kappa shape index (κ2) is 6.73. The van der Waals surface area contributed by atoms with Gasteiger partial charge in [0.15, 0.2) is 0 Å². The minimum Gasteiger partial charge on any atom is -0.349 e. The molecule has 5 nitrogen and oxygen atoms in total. The molecule has 1 aliphatic rings. The monoisotopic (exact) mass is 271 g/mol. The summed E-state index contributed by atoms with van der Waals surface area (Å²) < 4.78 is 0. The molecule has 0 spiro atoms. The van der Waals surface area contributed by atoms with Crippen LogP contribution in [0, 0.1) is 12.3 Å². The first-order valence-electron chi connectivity index (χ1n) is 6.54. The van der Waals surface area contributed by atoms with Crippen molar-refractivity contribution in [3.8, 4) is 12.3 Å². The van der Waals surface area contributed by atoms with Crippen molar-refractivity contribution in [2.45, 2.75) is 18.9 Å². The van der Waals surface area contributed by atoms with E-state index in [-0.39, 0.29) is 18.4 Å². The van der Waals surface area contributed by atoms with Gasteiger partial charge >= 0.3 is 0 Å². The molecule has 2 rings (SSSR count). The fraction of sp³-hybridized carbons (Fsp3) is 0.333. The average molecular weight is 271 g/mol. The molecule has 0 aromatic heterocycles. The Kier molecular flexibility index (Phi) is 4.75. The van der Waals surface area contributed by atoms with Crippen LogP contribution in [-0.2, 0) is 4.79 Å². The number of benzene rings is 1. The van der Waals surface area contributed by atoms with Gasteiger partial charge in [-0.1, -0.05) is 5.92 Å². The average Bonchev–Trinajstić information content (AvgIpc) is 3.24. The summed E-state index contributed by atoms with van der Waals surface area (Å²) in [6.07, 6.45) is 7.19. The lowest BCUT2D eigenvalue weighted by molar-refractivity contribution is -0.115. The number of hydrogen-bond donors (Lipinski definition) is 3. The predicted molar refractivity (Wildman–Crippen MR) is 77.3 cm³/mol. The highest BCUT2D eigenvalue weighted by atomic mass is 16.2. The smallest absolute Gasteiger partial charge is 0.251 e. The van der Waals surface area contributed by atoms with Crippen LogP contribution in [0.2, 0.25) is 0 Å². The summed E-state index contributed by atoms with van der Waals surface area (Å²) in [4.78, 5) is 23.3. The molecular formula is C15H17N3O2. The molecule has 1 aliphatic carbocycles. The highest BCUT2D eigenvalue weighted by Crippen LogP contribution is 2.19. The molecule has 0 atom stereocenters. The summed E-state index contributed by atoms with van der Waals surface area (Å²) in [7, 11) is 0. The van der Waals surface area contributed by atoms with Gasteiger partial charge in [-0.15, -0.1) is 6.42 Å². The number of anilines is 1. The second-order valence-electron chi connectivity index (χ2n) is 4.68. The van der Waals surface area contributed by atoms with Gasteiger partial charge < -0.3 is 10.6 Å². The molecule has 0 unspecified atom stereocenters. The maximum atomic E-state index is 11.8. The topological polar surface area (TPSA) is 70.2 Å². The molecule has 1 aromatic carbocycles. The molecule has 0 saturated heterocycles.